The summed E-state index contributed by atoms with van der Waals surface area (Å²) < 4.78 is 30.4. The van der Waals surface area contributed by atoms with E-state index in [1.54, 1.807) is 0 Å². The molecule has 0 unspecified atom stereocenters. The second-order valence-corrected chi connectivity index (χ2v) is 6.95. The maximum absolute atomic E-state index is 14.7. The Kier molecular flexibility index (Phi) is 4.71. The summed E-state index contributed by atoms with van der Waals surface area (Å²) in [6, 6.07) is 10.6. The van der Waals surface area contributed by atoms with Crippen molar-refractivity contribution in [1.82, 2.24) is 24.6 Å². The van der Waals surface area contributed by atoms with E-state index in [2.05, 4.69) is 30.5 Å². The van der Waals surface area contributed by atoms with Crippen molar-refractivity contribution in [2.24, 2.45) is 5.10 Å². The maximum atomic E-state index is 14.7. The van der Waals surface area contributed by atoms with Crippen molar-refractivity contribution >= 4 is 29.0 Å². The summed E-state index contributed by atoms with van der Waals surface area (Å²) in [5, 5.41) is 10.7. The lowest BCUT2D eigenvalue weighted by atomic mass is 10.1. The Labute approximate surface area is 179 Å². The van der Waals surface area contributed by atoms with Crippen LogP contribution in [0.15, 0.2) is 59.7 Å². The minimum Gasteiger partial charge on any atom is -0.315 e. The first-order valence-corrected chi connectivity index (χ1v) is 9.52. The van der Waals surface area contributed by atoms with E-state index >= 15 is 0 Å². The molecule has 0 bridgehead atoms. The average molecular weight is 433 g/mol. The third kappa shape index (κ3) is 3.40. The number of hydrogen-bond donors (Lipinski definition) is 2. The lowest BCUT2D eigenvalue weighted by Crippen LogP contribution is -2.76. The molecule has 0 spiro atoms. The second kappa shape index (κ2) is 7.71. The van der Waals surface area contributed by atoms with Crippen LogP contribution in [0.1, 0.15) is 11.4 Å². The number of benzene rings is 1. The predicted octanol–water partition coefficient (Wildman–Crippen LogP) is 1.69. The molecule has 5 rings (SSSR count). The van der Waals surface area contributed by atoms with E-state index in [0.717, 1.165) is 11.8 Å². The highest BCUT2D eigenvalue weighted by Crippen LogP contribution is 2.22. The molecule has 0 atom stereocenters. The van der Waals surface area contributed by atoms with Gasteiger partial charge in [-0.3, -0.25) is 4.79 Å². The molecule has 0 saturated heterocycles. The van der Waals surface area contributed by atoms with Crippen LogP contribution in [-0.2, 0) is 4.79 Å². The van der Waals surface area contributed by atoms with Crippen LogP contribution in [0.3, 0.4) is 0 Å². The number of nitrogens with two attached hydrogens (primary N) is 1. The zero-order chi connectivity index (χ0) is 22.2. The minimum absolute atomic E-state index is 0.0488. The molecule has 0 fully saturated rings. The fourth-order valence-electron chi connectivity index (χ4n) is 3.24. The number of nitrogens with one attached hydrogen (secondary N) is 1. The molecule has 0 saturated carbocycles. The monoisotopic (exact) mass is 433 g/mol. The summed E-state index contributed by atoms with van der Waals surface area (Å²) in [5.41, 5.74) is 2.61. The highest BCUT2D eigenvalue weighted by Gasteiger charge is 2.29. The third-order valence-corrected chi connectivity index (χ3v) is 4.87. The van der Waals surface area contributed by atoms with Gasteiger partial charge >= 0.3 is 5.91 Å². The summed E-state index contributed by atoms with van der Waals surface area (Å²) >= 11 is 0. The van der Waals surface area contributed by atoms with E-state index in [4.69, 9.17) is 0 Å². The fourth-order valence-corrected chi connectivity index (χ4v) is 3.24. The van der Waals surface area contributed by atoms with Gasteiger partial charge in [-0.15, -0.1) is 5.10 Å². The molecule has 3 aromatic heterocycles. The smallest absolute Gasteiger partial charge is 0.312 e. The van der Waals surface area contributed by atoms with Crippen molar-refractivity contribution in [2.75, 3.05) is 5.32 Å². The highest BCUT2D eigenvalue weighted by molar-refractivity contribution is 6.20. The largest absolute Gasteiger partial charge is 0.315 e. The van der Waals surface area contributed by atoms with Crippen LogP contribution in [0, 0.1) is 18.6 Å². The van der Waals surface area contributed by atoms with Crippen LogP contribution >= 0.6 is 0 Å². The van der Waals surface area contributed by atoms with E-state index in [0.29, 0.717) is 11.5 Å². The Morgan fingerprint density at radius 2 is 1.97 bits per heavy atom. The number of allylic oxidation sites excluding steroid dienone is 1. The number of aromatic nitrogens is 5. The molecular weight excluding hydrogens is 418 g/mol. The SMILES string of the molecule is Cc1ncnc(C2=C(C(=O)Nc3cc4nc(-c5ccccc5)nn4cc3F)[NH2+]N=C2)c1F. The van der Waals surface area contributed by atoms with Gasteiger partial charge in [0.2, 0.25) is 5.70 Å². The maximum Gasteiger partial charge on any atom is 0.312 e. The summed E-state index contributed by atoms with van der Waals surface area (Å²) in [5.74, 6) is -1.61. The van der Waals surface area contributed by atoms with Crippen LogP contribution in [0.5, 0.6) is 0 Å². The van der Waals surface area contributed by atoms with Gasteiger partial charge in [-0.1, -0.05) is 35.4 Å². The first-order chi connectivity index (χ1) is 15.5. The van der Waals surface area contributed by atoms with Gasteiger partial charge < -0.3 is 5.32 Å². The van der Waals surface area contributed by atoms with E-state index in [-0.39, 0.29) is 28.3 Å². The highest BCUT2D eigenvalue weighted by atomic mass is 19.1. The first-order valence-electron chi connectivity index (χ1n) is 9.52. The Hall–Kier alpha value is -4.38. The van der Waals surface area contributed by atoms with E-state index < -0.39 is 17.5 Å². The quantitative estimate of drug-likeness (QED) is 0.476. The molecule has 9 nitrogen and oxygen atoms in total. The molecule has 0 radical (unpaired) electrons. The average Bonchev–Trinajstić information content (AvgIpc) is 3.44. The van der Waals surface area contributed by atoms with Gasteiger partial charge in [-0.2, -0.15) is 5.43 Å². The number of amides is 1. The number of carbonyl (C=O) groups is 1. The van der Waals surface area contributed by atoms with E-state index in [1.807, 2.05) is 30.3 Å². The fraction of sp³-hybridized carbons (Fsp3) is 0.0476. The number of pyridine rings is 1. The number of fused-ring (bicyclic) bond motifs is 1. The second-order valence-electron chi connectivity index (χ2n) is 6.95. The topological polar surface area (TPSA) is 114 Å². The van der Waals surface area contributed by atoms with Crippen LogP contribution in [-0.4, -0.2) is 36.7 Å². The van der Waals surface area contributed by atoms with Gasteiger partial charge in [-0.25, -0.2) is 28.2 Å². The van der Waals surface area contributed by atoms with Gasteiger partial charge in [0.25, 0.3) is 0 Å². The predicted molar refractivity (Wildman–Crippen MR) is 111 cm³/mol. The molecule has 1 aromatic carbocycles. The van der Waals surface area contributed by atoms with Crippen molar-refractivity contribution < 1.29 is 19.0 Å². The summed E-state index contributed by atoms with van der Waals surface area (Å²) in [6.07, 6.45) is 3.65. The van der Waals surface area contributed by atoms with Crippen molar-refractivity contribution in [1.29, 1.82) is 0 Å². The lowest BCUT2D eigenvalue weighted by molar-refractivity contribution is -0.601. The Morgan fingerprint density at radius 1 is 1.16 bits per heavy atom. The number of halogens is 2. The Balaban J connectivity index is 1.48. The number of nitrogens with zero attached hydrogens (tertiary/aromatic N) is 6. The summed E-state index contributed by atoms with van der Waals surface area (Å²) in [7, 11) is 0. The van der Waals surface area contributed by atoms with E-state index in [9.17, 15) is 13.6 Å². The van der Waals surface area contributed by atoms with Crippen LogP contribution in [0.4, 0.5) is 14.5 Å². The number of aryl methyl sites for hydroxylation is 1. The molecular formula is C21H15F2N8O+. The molecule has 4 heterocycles. The standard InChI is InChI=1S/C21H14F2N8O/c1-11-17(23)18(25-10-24-11)13-8-26-29-19(13)21(32)27-15-7-16-28-20(12-5-3-2-4-6-12)30-31(16)9-14(15)22/h2-10H,1H3,(H,26,29)(H,27,32)/p+1. The van der Waals surface area contributed by atoms with Gasteiger partial charge in [0.05, 0.1) is 29.4 Å². The van der Waals surface area contributed by atoms with Gasteiger partial charge in [0.15, 0.2) is 23.1 Å². The Morgan fingerprint density at radius 3 is 2.78 bits per heavy atom. The molecule has 1 aliphatic heterocycles. The molecule has 3 N–H and O–H groups in total. The van der Waals surface area contributed by atoms with Gasteiger partial charge in [0, 0.05) is 11.6 Å². The minimum atomic E-state index is -0.708. The molecule has 158 valence electrons. The zero-order valence-electron chi connectivity index (χ0n) is 16.6. The Bertz CT molecular complexity index is 1430. The number of hydrogen-bond acceptors (Lipinski definition) is 6. The van der Waals surface area contributed by atoms with E-state index in [1.165, 1.54) is 35.5 Å². The van der Waals surface area contributed by atoms with Gasteiger partial charge in [0.1, 0.15) is 12.0 Å². The molecule has 11 heteroatoms. The van der Waals surface area contributed by atoms with Crippen LogP contribution in [0.25, 0.3) is 22.6 Å². The zero-order valence-corrected chi connectivity index (χ0v) is 16.6. The van der Waals surface area contributed by atoms with Crippen molar-refractivity contribution in [3.8, 4) is 11.4 Å². The third-order valence-electron chi connectivity index (χ3n) is 4.87. The molecule has 1 aliphatic rings. The normalized spacial score (nSPS) is 13.2. The number of anilines is 1. The van der Waals surface area contributed by atoms with Crippen molar-refractivity contribution in [3.63, 3.8) is 0 Å². The molecule has 0 aliphatic carbocycles. The molecule has 1 amide bonds. The molecule has 4 aromatic rings. The first kappa shape index (κ1) is 19.6. The number of carbonyl (C=O) groups excluding carboxylic acids is 1. The molecule has 32 heavy (non-hydrogen) atoms. The van der Waals surface area contributed by atoms with Crippen molar-refractivity contribution in [2.45, 2.75) is 6.92 Å². The van der Waals surface area contributed by atoms with Crippen LogP contribution in [0.2, 0.25) is 0 Å². The van der Waals surface area contributed by atoms with Crippen LogP contribution < -0.4 is 10.7 Å². The summed E-state index contributed by atoms with van der Waals surface area (Å²) in [6.45, 7) is 1.49. The number of rotatable bonds is 4. The van der Waals surface area contributed by atoms with Crippen molar-refractivity contribution in [3.05, 3.63) is 77.6 Å². The van der Waals surface area contributed by atoms with Gasteiger partial charge in [-0.05, 0) is 6.92 Å². The number of quaternary nitrogens is 1. The lowest BCUT2D eigenvalue weighted by Gasteiger charge is -2.07. The summed E-state index contributed by atoms with van der Waals surface area (Å²) in [4.78, 5) is 25.0.